The number of amides is 2. The van der Waals surface area contributed by atoms with Crippen LogP contribution >= 0.6 is 0 Å². The summed E-state index contributed by atoms with van der Waals surface area (Å²) in [7, 11) is 1.27. The maximum absolute atomic E-state index is 12.0. The molecule has 136 valence electrons. The molecule has 1 saturated carbocycles. The number of ether oxygens (including phenoxy) is 3. The Morgan fingerprint density at radius 1 is 1.12 bits per heavy atom. The zero-order chi connectivity index (χ0) is 17.7. The zero-order valence-corrected chi connectivity index (χ0v) is 14.4. The molecule has 7 nitrogen and oxygen atoms in total. The SMILES string of the molecule is COC(=O)NCC(=O)NCC1(c2ccc3c(c2)OCO3)CCCCC1. The lowest BCUT2D eigenvalue weighted by Crippen LogP contribution is -2.45. The second-order valence-corrected chi connectivity index (χ2v) is 6.53. The molecular formula is C18H24N2O5. The molecule has 0 unspecified atom stereocenters. The highest BCUT2D eigenvalue weighted by Gasteiger charge is 2.35. The van der Waals surface area contributed by atoms with Crippen molar-refractivity contribution in [1.82, 2.24) is 10.6 Å². The average Bonchev–Trinajstić information content (AvgIpc) is 3.13. The Labute approximate surface area is 147 Å². The summed E-state index contributed by atoms with van der Waals surface area (Å²) in [5.74, 6) is 1.30. The van der Waals surface area contributed by atoms with Crippen molar-refractivity contribution in [2.24, 2.45) is 0 Å². The van der Waals surface area contributed by atoms with Crippen molar-refractivity contribution < 1.29 is 23.8 Å². The van der Waals surface area contributed by atoms with Crippen molar-refractivity contribution in [3.8, 4) is 11.5 Å². The molecule has 0 aromatic heterocycles. The Kier molecular flexibility index (Phi) is 5.31. The Bertz CT molecular complexity index is 640. The number of carbonyl (C=O) groups is 2. The Morgan fingerprint density at radius 3 is 2.64 bits per heavy atom. The van der Waals surface area contributed by atoms with Gasteiger partial charge in [-0.05, 0) is 30.5 Å². The molecule has 7 heteroatoms. The molecule has 25 heavy (non-hydrogen) atoms. The third-order valence-electron chi connectivity index (χ3n) is 5.00. The maximum atomic E-state index is 12.0. The Morgan fingerprint density at radius 2 is 1.88 bits per heavy atom. The van der Waals surface area contributed by atoms with Gasteiger partial charge in [0.15, 0.2) is 11.5 Å². The summed E-state index contributed by atoms with van der Waals surface area (Å²) in [5, 5.41) is 5.35. The summed E-state index contributed by atoms with van der Waals surface area (Å²) in [5.41, 5.74) is 1.05. The van der Waals surface area contributed by atoms with Gasteiger partial charge in [-0.3, -0.25) is 4.79 Å². The first kappa shape index (κ1) is 17.4. The number of benzene rings is 1. The summed E-state index contributed by atoms with van der Waals surface area (Å²) in [6.45, 7) is 0.694. The van der Waals surface area contributed by atoms with Crippen LogP contribution in [0.25, 0.3) is 0 Å². The fraction of sp³-hybridized carbons (Fsp3) is 0.556. The van der Waals surface area contributed by atoms with Crippen LogP contribution in [-0.4, -0.2) is 39.0 Å². The Balaban J connectivity index is 1.69. The number of hydrogen-bond donors (Lipinski definition) is 2. The normalized spacial score (nSPS) is 17.6. The fourth-order valence-corrected chi connectivity index (χ4v) is 3.58. The summed E-state index contributed by atoms with van der Waals surface area (Å²) < 4.78 is 15.4. The van der Waals surface area contributed by atoms with E-state index in [4.69, 9.17) is 9.47 Å². The van der Waals surface area contributed by atoms with Gasteiger partial charge in [0.05, 0.1) is 13.7 Å². The molecular weight excluding hydrogens is 324 g/mol. The lowest BCUT2D eigenvalue weighted by molar-refractivity contribution is -0.120. The van der Waals surface area contributed by atoms with Gasteiger partial charge in [-0.1, -0.05) is 25.3 Å². The standard InChI is InChI=1S/C18H24N2O5/c1-23-17(22)19-10-16(21)20-11-18(7-3-2-4-8-18)13-5-6-14-15(9-13)25-12-24-14/h5-6,9H,2-4,7-8,10-12H2,1H3,(H,19,22)(H,20,21). The average molecular weight is 348 g/mol. The maximum Gasteiger partial charge on any atom is 0.407 e. The van der Waals surface area contributed by atoms with E-state index in [9.17, 15) is 9.59 Å². The van der Waals surface area contributed by atoms with Gasteiger partial charge in [-0.15, -0.1) is 0 Å². The molecule has 0 spiro atoms. The van der Waals surface area contributed by atoms with Crippen molar-refractivity contribution in [3.05, 3.63) is 23.8 Å². The largest absolute Gasteiger partial charge is 0.454 e. The quantitative estimate of drug-likeness (QED) is 0.851. The number of carbonyl (C=O) groups excluding carboxylic acids is 2. The summed E-state index contributed by atoms with van der Waals surface area (Å²) in [4.78, 5) is 23.1. The topological polar surface area (TPSA) is 85.9 Å². The molecule has 0 bridgehead atoms. The van der Waals surface area contributed by atoms with E-state index in [1.54, 1.807) is 0 Å². The van der Waals surface area contributed by atoms with Crippen LogP contribution in [0, 0.1) is 0 Å². The highest BCUT2D eigenvalue weighted by atomic mass is 16.7. The van der Waals surface area contributed by atoms with Crippen LogP contribution in [0.3, 0.4) is 0 Å². The third-order valence-corrected chi connectivity index (χ3v) is 5.00. The highest BCUT2D eigenvalue weighted by molar-refractivity contribution is 5.82. The molecule has 2 aliphatic rings. The number of alkyl carbamates (subject to hydrolysis) is 1. The van der Waals surface area contributed by atoms with E-state index >= 15 is 0 Å². The number of nitrogens with one attached hydrogen (secondary N) is 2. The van der Waals surface area contributed by atoms with Crippen molar-refractivity contribution in [2.45, 2.75) is 37.5 Å². The molecule has 1 aromatic carbocycles. The monoisotopic (exact) mass is 348 g/mol. The lowest BCUT2D eigenvalue weighted by atomic mass is 9.69. The van der Waals surface area contributed by atoms with Crippen LogP contribution in [0.4, 0.5) is 4.79 Å². The summed E-state index contributed by atoms with van der Waals surface area (Å²) in [6, 6.07) is 6.04. The third kappa shape index (κ3) is 3.97. The molecule has 3 rings (SSSR count). The van der Waals surface area contributed by atoms with Gasteiger partial charge in [0.1, 0.15) is 0 Å². The van der Waals surface area contributed by atoms with Crippen molar-refractivity contribution in [2.75, 3.05) is 27.0 Å². The van der Waals surface area contributed by atoms with Crippen LogP contribution in [0.5, 0.6) is 11.5 Å². The van der Waals surface area contributed by atoms with E-state index < -0.39 is 6.09 Å². The second kappa shape index (κ2) is 7.63. The summed E-state index contributed by atoms with van der Waals surface area (Å²) in [6.07, 6.45) is 4.88. The minimum Gasteiger partial charge on any atom is -0.454 e. The first-order valence-electron chi connectivity index (χ1n) is 8.62. The molecule has 1 aliphatic carbocycles. The van der Waals surface area contributed by atoms with E-state index in [0.717, 1.165) is 42.7 Å². The van der Waals surface area contributed by atoms with Gasteiger partial charge in [0.2, 0.25) is 12.7 Å². The molecule has 0 radical (unpaired) electrons. The minimum atomic E-state index is -0.613. The van der Waals surface area contributed by atoms with Gasteiger partial charge in [0, 0.05) is 12.0 Å². The van der Waals surface area contributed by atoms with E-state index in [1.807, 2.05) is 12.1 Å². The number of rotatable bonds is 5. The summed E-state index contributed by atoms with van der Waals surface area (Å²) >= 11 is 0. The van der Waals surface area contributed by atoms with Crippen LogP contribution in [-0.2, 0) is 14.9 Å². The lowest BCUT2D eigenvalue weighted by Gasteiger charge is -2.38. The molecule has 1 fully saturated rings. The van der Waals surface area contributed by atoms with Gasteiger partial charge in [-0.25, -0.2) is 4.79 Å². The first-order chi connectivity index (χ1) is 12.1. The van der Waals surface area contributed by atoms with E-state index in [0.29, 0.717) is 6.54 Å². The predicted molar refractivity (Wildman–Crippen MR) is 90.7 cm³/mol. The predicted octanol–water partition coefficient (Wildman–Crippen LogP) is 2.09. The van der Waals surface area contributed by atoms with Gasteiger partial charge < -0.3 is 24.8 Å². The zero-order valence-electron chi connectivity index (χ0n) is 14.4. The molecule has 1 heterocycles. The van der Waals surface area contributed by atoms with Gasteiger partial charge in [0.25, 0.3) is 0 Å². The molecule has 0 saturated heterocycles. The van der Waals surface area contributed by atoms with Crippen LogP contribution < -0.4 is 20.1 Å². The van der Waals surface area contributed by atoms with E-state index in [1.165, 1.54) is 13.5 Å². The van der Waals surface area contributed by atoms with Crippen molar-refractivity contribution >= 4 is 12.0 Å². The molecule has 2 N–H and O–H groups in total. The van der Waals surface area contributed by atoms with Gasteiger partial charge >= 0.3 is 6.09 Å². The number of fused-ring (bicyclic) bond motifs is 1. The van der Waals surface area contributed by atoms with Crippen molar-refractivity contribution in [1.29, 1.82) is 0 Å². The first-order valence-corrected chi connectivity index (χ1v) is 8.62. The molecule has 0 atom stereocenters. The smallest absolute Gasteiger partial charge is 0.407 e. The second-order valence-electron chi connectivity index (χ2n) is 6.53. The van der Waals surface area contributed by atoms with E-state index in [2.05, 4.69) is 21.4 Å². The van der Waals surface area contributed by atoms with E-state index in [-0.39, 0.29) is 24.7 Å². The molecule has 1 aliphatic heterocycles. The highest BCUT2D eigenvalue weighted by Crippen LogP contribution is 2.43. The minimum absolute atomic E-state index is 0.0934. The van der Waals surface area contributed by atoms with Crippen LogP contribution in [0.15, 0.2) is 18.2 Å². The van der Waals surface area contributed by atoms with Crippen molar-refractivity contribution in [3.63, 3.8) is 0 Å². The molecule has 1 aromatic rings. The van der Waals surface area contributed by atoms with Crippen LogP contribution in [0.1, 0.15) is 37.7 Å². The fourth-order valence-electron chi connectivity index (χ4n) is 3.58. The van der Waals surface area contributed by atoms with Crippen LogP contribution in [0.2, 0.25) is 0 Å². The number of hydrogen-bond acceptors (Lipinski definition) is 5. The van der Waals surface area contributed by atoms with Gasteiger partial charge in [-0.2, -0.15) is 0 Å². The number of methoxy groups -OCH3 is 1. The Hall–Kier alpha value is -2.44. The molecule has 2 amide bonds.